The molecule has 2 heterocycles. The Morgan fingerprint density at radius 1 is 1.17 bits per heavy atom. The molecule has 1 amide bonds. The third-order valence-corrected chi connectivity index (χ3v) is 5.34. The molecule has 1 aliphatic rings. The maximum atomic E-state index is 13.0. The molecule has 0 saturated carbocycles. The maximum absolute atomic E-state index is 13.0. The summed E-state index contributed by atoms with van der Waals surface area (Å²) < 4.78 is 22.6. The first kappa shape index (κ1) is 25.9. The number of methoxy groups -OCH3 is 1. The highest BCUT2D eigenvalue weighted by atomic mass is 16.6. The van der Waals surface area contributed by atoms with Gasteiger partial charge in [-0.2, -0.15) is 4.98 Å². The summed E-state index contributed by atoms with van der Waals surface area (Å²) in [6, 6.07) is 6.53. The molecule has 11 heteroatoms. The number of nitrogens with zero attached hydrogens (tertiary/aromatic N) is 2. The highest BCUT2D eigenvalue weighted by Gasteiger charge is 2.40. The minimum Gasteiger partial charge on any atom is -0.497 e. The summed E-state index contributed by atoms with van der Waals surface area (Å²) >= 11 is 0. The number of ether oxygens (including phenoxy) is 4. The molecule has 0 unspecified atom stereocenters. The summed E-state index contributed by atoms with van der Waals surface area (Å²) in [5, 5.41) is 2.70. The quantitative estimate of drug-likeness (QED) is 0.528. The number of esters is 2. The SMILES string of the molecule is CCCc1cn([C@@H]2O[C@H](COC(C)=O)C[C@H]2OC(C)=O)c(=O)nc1NC(=O)c1ccc(OC)cc1. The molecule has 11 nitrogen and oxygen atoms in total. The van der Waals surface area contributed by atoms with Gasteiger partial charge in [-0.3, -0.25) is 19.0 Å². The lowest BCUT2D eigenvalue weighted by Crippen LogP contribution is -2.35. The summed E-state index contributed by atoms with van der Waals surface area (Å²) in [6.45, 7) is 4.45. The van der Waals surface area contributed by atoms with Crippen molar-refractivity contribution in [1.29, 1.82) is 0 Å². The minimum absolute atomic E-state index is 0.0381. The topological polar surface area (TPSA) is 135 Å². The van der Waals surface area contributed by atoms with Crippen molar-refractivity contribution in [3.63, 3.8) is 0 Å². The van der Waals surface area contributed by atoms with Crippen molar-refractivity contribution in [3.8, 4) is 5.75 Å². The van der Waals surface area contributed by atoms with E-state index in [4.69, 9.17) is 18.9 Å². The maximum Gasteiger partial charge on any atom is 0.351 e. The average Bonchev–Trinajstić information content (AvgIpc) is 3.21. The molecule has 0 bridgehead atoms. The predicted molar refractivity (Wildman–Crippen MR) is 124 cm³/mol. The first-order chi connectivity index (χ1) is 16.7. The van der Waals surface area contributed by atoms with Gasteiger partial charge < -0.3 is 24.3 Å². The van der Waals surface area contributed by atoms with Crippen molar-refractivity contribution in [2.24, 2.45) is 0 Å². The summed E-state index contributed by atoms with van der Waals surface area (Å²) in [6.07, 6.45) is 0.736. The van der Waals surface area contributed by atoms with E-state index in [-0.39, 0.29) is 18.8 Å². The number of benzene rings is 1. The van der Waals surface area contributed by atoms with Gasteiger partial charge in [0.25, 0.3) is 5.91 Å². The highest BCUT2D eigenvalue weighted by Crippen LogP contribution is 2.31. The average molecular weight is 488 g/mol. The fraction of sp³-hybridized carbons (Fsp3) is 0.458. The van der Waals surface area contributed by atoms with Crippen LogP contribution in [0.1, 0.15) is 55.8 Å². The number of hydrogen-bond acceptors (Lipinski definition) is 9. The van der Waals surface area contributed by atoms with E-state index < -0.39 is 42.0 Å². The lowest BCUT2D eigenvalue weighted by atomic mass is 10.1. The van der Waals surface area contributed by atoms with Crippen molar-refractivity contribution in [2.75, 3.05) is 19.0 Å². The van der Waals surface area contributed by atoms with E-state index in [0.29, 0.717) is 23.3 Å². The first-order valence-electron chi connectivity index (χ1n) is 11.2. The fourth-order valence-electron chi connectivity index (χ4n) is 3.77. The molecule has 1 aromatic heterocycles. The van der Waals surface area contributed by atoms with Crippen LogP contribution in [0.25, 0.3) is 0 Å². The van der Waals surface area contributed by atoms with Crippen LogP contribution in [0.4, 0.5) is 5.82 Å². The van der Waals surface area contributed by atoms with Crippen molar-refractivity contribution >= 4 is 23.7 Å². The van der Waals surface area contributed by atoms with Crippen LogP contribution in [0.5, 0.6) is 5.75 Å². The molecule has 1 fully saturated rings. The van der Waals surface area contributed by atoms with Gasteiger partial charge in [0, 0.05) is 37.6 Å². The molecule has 1 aromatic carbocycles. The molecule has 0 spiro atoms. The second-order valence-electron chi connectivity index (χ2n) is 8.07. The summed E-state index contributed by atoms with van der Waals surface area (Å²) in [4.78, 5) is 52.6. The molecule has 35 heavy (non-hydrogen) atoms. The minimum atomic E-state index is -0.957. The van der Waals surface area contributed by atoms with E-state index >= 15 is 0 Å². The number of anilines is 1. The van der Waals surface area contributed by atoms with Gasteiger partial charge in [-0.15, -0.1) is 0 Å². The van der Waals surface area contributed by atoms with Crippen molar-refractivity contribution in [1.82, 2.24) is 9.55 Å². The first-order valence-corrected chi connectivity index (χ1v) is 11.2. The number of nitrogens with one attached hydrogen (secondary N) is 1. The van der Waals surface area contributed by atoms with E-state index in [1.54, 1.807) is 30.5 Å². The summed E-state index contributed by atoms with van der Waals surface area (Å²) in [5.41, 5.74) is 0.300. The van der Waals surface area contributed by atoms with Crippen molar-refractivity contribution in [2.45, 2.75) is 58.5 Å². The molecular weight excluding hydrogens is 458 g/mol. The molecular formula is C24H29N3O8. The molecule has 3 rings (SSSR count). The fourth-order valence-corrected chi connectivity index (χ4v) is 3.77. The van der Waals surface area contributed by atoms with Crippen LogP contribution in [0, 0.1) is 0 Å². The Morgan fingerprint density at radius 3 is 2.49 bits per heavy atom. The Balaban J connectivity index is 1.88. The van der Waals surface area contributed by atoms with Crippen LogP contribution in [0.3, 0.4) is 0 Å². The van der Waals surface area contributed by atoms with Gasteiger partial charge in [0.15, 0.2) is 6.23 Å². The van der Waals surface area contributed by atoms with Crippen molar-refractivity contribution < 1.29 is 33.3 Å². The molecule has 1 saturated heterocycles. The van der Waals surface area contributed by atoms with Gasteiger partial charge in [-0.25, -0.2) is 4.79 Å². The second kappa shape index (κ2) is 11.6. The summed E-state index contributed by atoms with van der Waals surface area (Å²) in [5.74, 6) is -0.671. The molecule has 1 N–H and O–H groups in total. The Hall–Kier alpha value is -3.73. The predicted octanol–water partition coefficient (Wildman–Crippen LogP) is 2.24. The summed E-state index contributed by atoms with van der Waals surface area (Å²) in [7, 11) is 1.53. The number of hydrogen-bond donors (Lipinski definition) is 1. The Kier molecular flexibility index (Phi) is 8.58. The van der Waals surface area contributed by atoms with E-state index in [0.717, 1.165) is 6.42 Å². The van der Waals surface area contributed by atoms with E-state index in [1.165, 1.54) is 25.5 Å². The van der Waals surface area contributed by atoms with E-state index in [1.807, 2.05) is 6.92 Å². The molecule has 3 atom stereocenters. The molecule has 2 aromatic rings. The van der Waals surface area contributed by atoms with Gasteiger partial charge in [0.1, 0.15) is 24.3 Å². The lowest BCUT2D eigenvalue weighted by molar-refractivity contribution is -0.153. The van der Waals surface area contributed by atoms with Crippen LogP contribution in [0.15, 0.2) is 35.3 Å². The van der Waals surface area contributed by atoms with Crippen LogP contribution in [0.2, 0.25) is 0 Å². The smallest absolute Gasteiger partial charge is 0.351 e. The zero-order valence-electron chi connectivity index (χ0n) is 20.1. The third kappa shape index (κ3) is 6.66. The standard InChI is InChI=1S/C24H29N3O8/c1-5-6-17-12-27(23-20(34-15(3)29)11-19(35-23)13-33-14(2)28)24(31)26-21(17)25-22(30)16-7-9-18(32-4)10-8-16/h7-10,12,19-20,23H,5-6,11,13H2,1-4H3,(H,25,26,30,31)/t19-,20+,23+/m0/s1. The van der Waals surface area contributed by atoms with Gasteiger partial charge in [-0.05, 0) is 30.7 Å². The zero-order valence-corrected chi connectivity index (χ0v) is 20.1. The van der Waals surface area contributed by atoms with Gasteiger partial charge in [-0.1, -0.05) is 13.3 Å². The number of carbonyl (C=O) groups excluding carboxylic acids is 3. The number of aromatic nitrogens is 2. The Labute approximate surface area is 202 Å². The third-order valence-electron chi connectivity index (χ3n) is 5.34. The lowest BCUT2D eigenvalue weighted by Gasteiger charge is -2.22. The van der Waals surface area contributed by atoms with E-state index in [9.17, 15) is 19.2 Å². The van der Waals surface area contributed by atoms with Crippen LogP contribution >= 0.6 is 0 Å². The van der Waals surface area contributed by atoms with Crippen molar-refractivity contribution in [3.05, 3.63) is 52.1 Å². The molecule has 1 aliphatic heterocycles. The Bertz CT molecular complexity index is 1130. The monoisotopic (exact) mass is 487 g/mol. The largest absolute Gasteiger partial charge is 0.497 e. The normalized spacial score (nSPS) is 19.1. The number of aryl methyl sites for hydroxylation is 1. The number of carbonyl (C=O) groups is 3. The number of amides is 1. The van der Waals surface area contributed by atoms with Gasteiger partial charge in [0.2, 0.25) is 0 Å². The Morgan fingerprint density at radius 2 is 1.89 bits per heavy atom. The molecule has 188 valence electrons. The zero-order chi connectivity index (χ0) is 25.5. The van der Waals surface area contributed by atoms with E-state index in [2.05, 4.69) is 10.3 Å². The van der Waals surface area contributed by atoms with Crippen LogP contribution < -0.4 is 15.7 Å². The number of rotatable bonds is 9. The van der Waals surface area contributed by atoms with Gasteiger partial charge >= 0.3 is 17.6 Å². The van der Waals surface area contributed by atoms with Gasteiger partial charge in [0.05, 0.1) is 13.2 Å². The second-order valence-corrected chi connectivity index (χ2v) is 8.07. The van der Waals surface area contributed by atoms with Crippen LogP contribution in [-0.2, 0) is 30.2 Å². The van der Waals surface area contributed by atoms with Crippen LogP contribution in [-0.4, -0.2) is 53.3 Å². The highest BCUT2D eigenvalue weighted by molar-refractivity contribution is 6.04. The molecule has 0 aliphatic carbocycles. The molecule has 0 radical (unpaired) electrons.